The van der Waals surface area contributed by atoms with Gasteiger partial charge < -0.3 is 16.4 Å². The Morgan fingerprint density at radius 3 is 2.12 bits per heavy atom. The quantitative estimate of drug-likeness (QED) is 0.769. The largest absolute Gasteiger partial charge is 0.397 e. The highest BCUT2D eigenvalue weighted by Gasteiger charge is 2.12. The van der Waals surface area contributed by atoms with Gasteiger partial charge in [0.25, 0.3) is 0 Å². The predicted octanol–water partition coefficient (Wildman–Crippen LogP) is 2.72. The summed E-state index contributed by atoms with van der Waals surface area (Å²) in [6, 6.07) is 6.33. The summed E-state index contributed by atoms with van der Waals surface area (Å²) in [5.41, 5.74) is 14.0. The van der Waals surface area contributed by atoms with Crippen molar-refractivity contribution in [3.8, 4) is 0 Å². The molecule has 16 heavy (non-hydrogen) atoms. The van der Waals surface area contributed by atoms with Crippen LogP contribution in [0.1, 0.15) is 27.7 Å². The summed E-state index contributed by atoms with van der Waals surface area (Å²) in [6.45, 7) is 9.84. The van der Waals surface area contributed by atoms with Gasteiger partial charge in [-0.15, -0.1) is 0 Å². The van der Waals surface area contributed by atoms with E-state index < -0.39 is 0 Å². The smallest absolute Gasteiger partial charge is 0.0568 e. The number of nitrogens with zero attached hydrogens (tertiary/aromatic N) is 1. The second-order valence-electron chi connectivity index (χ2n) is 4.95. The number of benzene rings is 1. The predicted molar refractivity (Wildman–Crippen MR) is 72.6 cm³/mol. The molecule has 0 saturated heterocycles. The Balaban J connectivity index is 2.97. The molecule has 3 heteroatoms. The van der Waals surface area contributed by atoms with Crippen LogP contribution in [0.3, 0.4) is 0 Å². The van der Waals surface area contributed by atoms with Crippen molar-refractivity contribution in [2.45, 2.75) is 33.7 Å². The highest BCUT2D eigenvalue weighted by atomic mass is 15.2. The maximum absolute atomic E-state index is 5.84. The average Bonchev–Trinajstić information content (AvgIpc) is 2.18. The lowest BCUT2D eigenvalue weighted by Crippen LogP contribution is -2.34. The van der Waals surface area contributed by atoms with E-state index in [-0.39, 0.29) is 0 Å². The molecule has 3 nitrogen and oxygen atoms in total. The lowest BCUT2D eigenvalue weighted by molar-refractivity contribution is 0.571. The highest BCUT2D eigenvalue weighted by Crippen LogP contribution is 2.25. The minimum atomic E-state index is 0.463. The third-order valence-corrected chi connectivity index (χ3v) is 2.59. The SMILES string of the molecule is CC(C)CN(c1ccc(N)c(N)c1)C(C)C. The van der Waals surface area contributed by atoms with Crippen molar-refractivity contribution in [2.75, 3.05) is 22.9 Å². The Bertz CT molecular complexity index is 345. The second-order valence-corrected chi connectivity index (χ2v) is 4.95. The zero-order valence-electron chi connectivity index (χ0n) is 10.7. The third-order valence-electron chi connectivity index (χ3n) is 2.59. The molecule has 0 heterocycles. The van der Waals surface area contributed by atoms with Crippen LogP contribution < -0.4 is 16.4 Å². The van der Waals surface area contributed by atoms with Gasteiger partial charge in [-0.1, -0.05) is 13.8 Å². The van der Waals surface area contributed by atoms with Crippen molar-refractivity contribution in [1.82, 2.24) is 0 Å². The van der Waals surface area contributed by atoms with Gasteiger partial charge in [-0.3, -0.25) is 0 Å². The lowest BCUT2D eigenvalue weighted by Gasteiger charge is -2.31. The van der Waals surface area contributed by atoms with E-state index >= 15 is 0 Å². The molecule has 0 saturated carbocycles. The van der Waals surface area contributed by atoms with Crippen molar-refractivity contribution in [3.05, 3.63) is 18.2 Å². The van der Waals surface area contributed by atoms with Crippen LogP contribution in [0.5, 0.6) is 0 Å². The van der Waals surface area contributed by atoms with Gasteiger partial charge in [-0.25, -0.2) is 0 Å². The summed E-state index contributed by atoms with van der Waals surface area (Å²) < 4.78 is 0. The van der Waals surface area contributed by atoms with E-state index in [9.17, 15) is 0 Å². The van der Waals surface area contributed by atoms with E-state index in [1.165, 1.54) is 0 Å². The van der Waals surface area contributed by atoms with Crippen LogP contribution in [0.2, 0.25) is 0 Å². The number of nitrogen functional groups attached to an aromatic ring is 2. The lowest BCUT2D eigenvalue weighted by atomic mass is 10.1. The second kappa shape index (κ2) is 5.10. The Kier molecular flexibility index (Phi) is 4.05. The molecule has 0 fully saturated rings. The summed E-state index contributed by atoms with van der Waals surface area (Å²) >= 11 is 0. The fourth-order valence-electron chi connectivity index (χ4n) is 1.75. The molecule has 0 unspecified atom stereocenters. The number of nitrogens with two attached hydrogens (primary N) is 2. The van der Waals surface area contributed by atoms with E-state index in [0.717, 1.165) is 12.2 Å². The highest BCUT2D eigenvalue weighted by molar-refractivity contribution is 5.70. The molecule has 1 rings (SSSR count). The zero-order chi connectivity index (χ0) is 12.3. The van der Waals surface area contributed by atoms with Gasteiger partial charge in [-0.05, 0) is 38.0 Å². The maximum Gasteiger partial charge on any atom is 0.0568 e. The van der Waals surface area contributed by atoms with Crippen LogP contribution in [-0.4, -0.2) is 12.6 Å². The molecule has 0 aromatic heterocycles. The van der Waals surface area contributed by atoms with E-state index in [1.807, 2.05) is 18.2 Å². The summed E-state index contributed by atoms with van der Waals surface area (Å²) in [5, 5.41) is 0. The van der Waals surface area contributed by atoms with Gasteiger partial charge in [0, 0.05) is 18.3 Å². The van der Waals surface area contributed by atoms with Crippen molar-refractivity contribution in [3.63, 3.8) is 0 Å². The minimum Gasteiger partial charge on any atom is -0.397 e. The molecule has 1 aromatic rings. The summed E-state index contributed by atoms with van der Waals surface area (Å²) in [6.07, 6.45) is 0. The van der Waals surface area contributed by atoms with Crippen molar-refractivity contribution in [2.24, 2.45) is 5.92 Å². The number of rotatable bonds is 4. The van der Waals surface area contributed by atoms with Crippen molar-refractivity contribution in [1.29, 1.82) is 0 Å². The summed E-state index contributed by atoms with van der Waals surface area (Å²) in [4.78, 5) is 2.35. The van der Waals surface area contributed by atoms with Crippen LogP contribution in [-0.2, 0) is 0 Å². The van der Waals surface area contributed by atoms with Gasteiger partial charge in [-0.2, -0.15) is 0 Å². The standard InChI is InChI=1S/C13H23N3/c1-9(2)8-16(10(3)4)11-5-6-12(14)13(15)7-11/h5-7,9-10H,8,14-15H2,1-4H3. The normalized spacial score (nSPS) is 11.1. The maximum atomic E-state index is 5.84. The molecule has 0 radical (unpaired) electrons. The first kappa shape index (κ1) is 12.7. The molecule has 0 amide bonds. The molecule has 4 N–H and O–H groups in total. The van der Waals surface area contributed by atoms with Crippen LogP contribution in [0, 0.1) is 5.92 Å². The Labute approximate surface area is 98.4 Å². The van der Waals surface area contributed by atoms with Gasteiger partial charge in [0.1, 0.15) is 0 Å². The van der Waals surface area contributed by atoms with Gasteiger partial charge in [0.2, 0.25) is 0 Å². The fourth-order valence-corrected chi connectivity index (χ4v) is 1.75. The monoisotopic (exact) mass is 221 g/mol. The first-order chi connectivity index (χ1) is 7.41. The van der Waals surface area contributed by atoms with Gasteiger partial charge in [0.05, 0.1) is 11.4 Å². The fraction of sp³-hybridized carbons (Fsp3) is 0.538. The zero-order valence-corrected chi connectivity index (χ0v) is 10.7. The first-order valence-electron chi connectivity index (χ1n) is 5.83. The van der Waals surface area contributed by atoms with E-state index in [0.29, 0.717) is 23.3 Å². The number of hydrogen-bond donors (Lipinski definition) is 2. The molecular formula is C13H23N3. The summed E-state index contributed by atoms with van der Waals surface area (Å²) in [7, 11) is 0. The van der Waals surface area contributed by atoms with Gasteiger partial charge >= 0.3 is 0 Å². The molecular weight excluding hydrogens is 198 g/mol. The van der Waals surface area contributed by atoms with Gasteiger partial charge in [0.15, 0.2) is 0 Å². The Hall–Kier alpha value is -1.38. The topological polar surface area (TPSA) is 55.3 Å². The van der Waals surface area contributed by atoms with Crippen LogP contribution in [0.25, 0.3) is 0 Å². The number of hydrogen-bond acceptors (Lipinski definition) is 3. The molecule has 0 bridgehead atoms. The minimum absolute atomic E-state index is 0.463. The molecule has 0 aliphatic carbocycles. The van der Waals surface area contributed by atoms with E-state index in [1.54, 1.807) is 0 Å². The molecule has 0 atom stereocenters. The Morgan fingerprint density at radius 1 is 1.06 bits per heavy atom. The molecule has 0 spiro atoms. The van der Waals surface area contributed by atoms with Crippen LogP contribution in [0.4, 0.5) is 17.1 Å². The van der Waals surface area contributed by atoms with Crippen LogP contribution >= 0.6 is 0 Å². The van der Waals surface area contributed by atoms with Crippen molar-refractivity contribution >= 4 is 17.1 Å². The van der Waals surface area contributed by atoms with E-state index in [2.05, 4.69) is 32.6 Å². The molecule has 90 valence electrons. The third kappa shape index (κ3) is 3.05. The number of anilines is 3. The molecule has 0 aliphatic rings. The van der Waals surface area contributed by atoms with Crippen molar-refractivity contribution < 1.29 is 0 Å². The first-order valence-corrected chi connectivity index (χ1v) is 5.83. The van der Waals surface area contributed by atoms with Crippen LogP contribution in [0.15, 0.2) is 18.2 Å². The Morgan fingerprint density at radius 2 is 1.69 bits per heavy atom. The average molecular weight is 221 g/mol. The van der Waals surface area contributed by atoms with E-state index in [4.69, 9.17) is 11.5 Å². The molecule has 0 aliphatic heterocycles. The summed E-state index contributed by atoms with van der Waals surface area (Å²) in [5.74, 6) is 0.626. The molecule has 1 aromatic carbocycles.